The monoisotopic (exact) mass is 325 g/mol. The molecule has 0 spiro atoms. The summed E-state index contributed by atoms with van der Waals surface area (Å²) in [5.74, 6) is -0.0148. The molecular weight excluding hydrogens is 324 g/mol. The second-order valence-electron chi connectivity index (χ2n) is 2.26. The first-order valence-corrected chi connectivity index (χ1v) is 4.97. The summed E-state index contributed by atoms with van der Waals surface area (Å²) in [6.07, 6.45) is 0. The van der Waals surface area contributed by atoms with Crippen LogP contribution in [-0.2, 0) is 0 Å². The minimum atomic E-state index is -2.89. The highest BCUT2D eigenvalue weighted by Crippen LogP contribution is 2.35. The van der Waals surface area contributed by atoms with Gasteiger partial charge >= 0.3 is 6.61 Å². The maximum atomic E-state index is 11.9. The fourth-order valence-corrected chi connectivity index (χ4v) is 2.20. The number of rotatable bonds is 2. The van der Waals surface area contributed by atoms with E-state index in [2.05, 4.69) is 36.6 Å². The van der Waals surface area contributed by atoms with Crippen LogP contribution in [-0.4, -0.2) is 6.61 Å². The number of nitrogens with zero attached hydrogens (tertiary/aromatic N) is 1. The number of halogens is 4. The number of hydrogen-bond donors (Lipinski definition) is 0. The van der Waals surface area contributed by atoms with E-state index in [0.717, 1.165) is 0 Å². The molecule has 0 radical (unpaired) electrons. The second-order valence-corrected chi connectivity index (χ2v) is 3.97. The van der Waals surface area contributed by atoms with Crippen molar-refractivity contribution in [2.75, 3.05) is 0 Å². The van der Waals surface area contributed by atoms with Gasteiger partial charge in [0.2, 0.25) is 0 Å². The first-order valence-electron chi connectivity index (χ1n) is 3.38. The lowest BCUT2D eigenvalue weighted by Crippen LogP contribution is -2.03. The number of benzene rings is 1. The van der Waals surface area contributed by atoms with Crippen molar-refractivity contribution in [3.05, 3.63) is 26.6 Å². The van der Waals surface area contributed by atoms with Crippen LogP contribution < -0.4 is 4.74 Å². The molecule has 0 saturated carbocycles. The summed E-state index contributed by atoms with van der Waals surface area (Å²) in [6.45, 7) is -2.89. The Kier molecular flexibility index (Phi) is 3.84. The average molecular weight is 327 g/mol. The summed E-state index contributed by atoms with van der Waals surface area (Å²) in [7, 11) is 0. The van der Waals surface area contributed by atoms with Gasteiger partial charge in [-0.05, 0) is 44.0 Å². The Morgan fingerprint density at radius 1 is 1.29 bits per heavy atom. The molecule has 0 heterocycles. The van der Waals surface area contributed by atoms with Gasteiger partial charge < -0.3 is 4.74 Å². The van der Waals surface area contributed by atoms with Gasteiger partial charge in [0, 0.05) is 0 Å². The van der Waals surface area contributed by atoms with Gasteiger partial charge in [-0.1, -0.05) is 0 Å². The third-order valence-electron chi connectivity index (χ3n) is 1.33. The molecule has 0 fully saturated rings. The molecule has 0 aliphatic carbocycles. The highest BCUT2D eigenvalue weighted by atomic mass is 79.9. The summed E-state index contributed by atoms with van der Waals surface area (Å²) in [6, 6.07) is 4.70. The zero-order valence-corrected chi connectivity index (χ0v) is 9.77. The molecule has 0 unspecified atom stereocenters. The lowest BCUT2D eigenvalue weighted by atomic mass is 10.2. The van der Waals surface area contributed by atoms with Crippen molar-refractivity contribution < 1.29 is 13.5 Å². The minimum Gasteiger partial charge on any atom is -0.432 e. The molecule has 1 aromatic carbocycles. The molecule has 1 rings (SSSR count). The lowest BCUT2D eigenvalue weighted by Gasteiger charge is -2.08. The first-order chi connectivity index (χ1) is 6.54. The molecular formula is C8H3Br2F2NO. The quantitative estimate of drug-likeness (QED) is 0.830. The van der Waals surface area contributed by atoms with Crippen LogP contribution in [0, 0.1) is 11.3 Å². The van der Waals surface area contributed by atoms with Gasteiger partial charge in [0.25, 0.3) is 0 Å². The second kappa shape index (κ2) is 4.71. The molecule has 6 heteroatoms. The van der Waals surface area contributed by atoms with Crippen molar-refractivity contribution in [2.24, 2.45) is 0 Å². The molecule has 1 aromatic rings. The van der Waals surface area contributed by atoms with Crippen LogP contribution in [0.3, 0.4) is 0 Å². The molecule has 0 aliphatic rings. The fraction of sp³-hybridized carbons (Fsp3) is 0.125. The van der Waals surface area contributed by atoms with Crippen molar-refractivity contribution >= 4 is 31.9 Å². The predicted molar refractivity (Wildman–Crippen MR) is 53.2 cm³/mol. The lowest BCUT2D eigenvalue weighted by molar-refractivity contribution is -0.0508. The minimum absolute atomic E-state index is 0.0148. The van der Waals surface area contributed by atoms with Crippen LogP contribution in [0.1, 0.15) is 5.56 Å². The van der Waals surface area contributed by atoms with E-state index in [0.29, 0.717) is 14.5 Å². The molecule has 0 aliphatic heterocycles. The van der Waals surface area contributed by atoms with Gasteiger partial charge in [0.15, 0.2) is 5.75 Å². The van der Waals surface area contributed by atoms with Crippen LogP contribution in [0.15, 0.2) is 21.1 Å². The molecule has 0 atom stereocenters. The predicted octanol–water partition coefficient (Wildman–Crippen LogP) is 3.68. The molecule has 2 nitrogen and oxygen atoms in total. The van der Waals surface area contributed by atoms with E-state index in [1.807, 2.05) is 6.07 Å². The maximum absolute atomic E-state index is 11.9. The third kappa shape index (κ3) is 2.66. The van der Waals surface area contributed by atoms with Crippen molar-refractivity contribution in [1.29, 1.82) is 5.26 Å². The zero-order chi connectivity index (χ0) is 10.7. The number of ether oxygens (including phenoxy) is 1. The summed E-state index contributed by atoms with van der Waals surface area (Å²) in [5, 5.41) is 8.58. The Labute approximate surface area is 95.7 Å². The number of alkyl halides is 2. The Bertz CT molecular complexity index is 366. The van der Waals surface area contributed by atoms with E-state index in [-0.39, 0.29) is 5.75 Å². The summed E-state index contributed by atoms with van der Waals surface area (Å²) in [4.78, 5) is 0. The van der Waals surface area contributed by atoms with Gasteiger partial charge in [0.1, 0.15) is 0 Å². The molecule has 74 valence electrons. The van der Waals surface area contributed by atoms with Gasteiger partial charge in [-0.25, -0.2) is 0 Å². The molecule has 0 aromatic heterocycles. The SMILES string of the molecule is N#Cc1cc(Br)c(OC(F)F)c(Br)c1. The van der Waals surface area contributed by atoms with Crippen LogP contribution in [0.4, 0.5) is 8.78 Å². The molecule has 0 amide bonds. The average Bonchev–Trinajstić information content (AvgIpc) is 2.10. The van der Waals surface area contributed by atoms with E-state index in [4.69, 9.17) is 5.26 Å². The van der Waals surface area contributed by atoms with Gasteiger partial charge in [-0.15, -0.1) is 0 Å². The molecule has 0 saturated heterocycles. The molecule has 0 bridgehead atoms. The highest BCUT2D eigenvalue weighted by molar-refractivity contribution is 9.11. The van der Waals surface area contributed by atoms with Crippen molar-refractivity contribution in [1.82, 2.24) is 0 Å². The largest absolute Gasteiger partial charge is 0.432 e. The standard InChI is InChI=1S/C8H3Br2F2NO/c9-5-1-4(3-13)2-6(10)7(5)14-8(11)12/h1-2,8H. The summed E-state index contributed by atoms with van der Waals surface area (Å²) < 4.78 is 28.7. The van der Waals surface area contributed by atoms with Crippen LogP contribution >= 0.6 is 31.9 Å². The van der Waals surface area contributed by atoms with Crippen molar-refractivity contribution in [2.45, 2.75) is 6.61 Å². The van der Waals surface area contributed by atoms with Crippen molar-refractivity contribution in [3.8, 4) is 11.8 Å². The van der Waals surface area contributed by atoms with Gasteiger partial charge in [0.05, 0.1) is 20.6 Å². The zero-order valence-electron chi connectivity index (χ0n) is 6.60. The molecule has 14 heavy (non-hydrogen) atoms. The first kappa shape index (κ1) is 11.4. The van der Waals surface area contributed by atoms with E-state index in [1.165, 1.54) is 12.1 Å². The van der Waals surface area contributed by atoms with E-state index in [9.17, 15) is 8.78 Å². The Morgan fingerprint density at radius 3 is 2.14 bits per heavy atom. The van der Waals surface area contributed by atoms with E-state index < -0.39 is 6.61 Å². The van der Waals surface area contributed by atoms with Gasteiger partial charge in [-0.3, -0.25) is 0 Å². The maximum Gasteiger partial charge on any atom is 0.387 e. The van der Waals surface area contributed by atoms with E-state index >= 15 is 0 Å². The third-order valence-corrected chi connectivity index (χ3v) is 2.51. The van der Waals surface area contributed by atoms with Crippen LogP contribution in [0.2, 0.25) is 0 Å². The summed E-state index contributed by atoms with van der Waals surface area (Å²) in [5.41, 5.74) is 0.352. The Morgan fingerprint density at radius 2 is 1.79 bits per heavy atom. The smallest absolute Gasteiger partial charge is 0.387 e. The Balaban J connectivity index is 3.13. The number of hydrogen-bond acceptors (Lipinski definition) is 2. The van der Waals surface area contributed by atoms with Crippen LogP contribution in [0.5, 0.6) is 5.75 Å². The topological polar surface area (TPSA) is 33.0 Å². The Hall–Kier alpha value is -0.670. The van der Waals surface area contributed by atoms with Crippen molar-refractivity contribution in [3.63, 3.8) is 0 Å². The summed E-state index contributed by atoms with van der Waals surface area (Å²) >= 11 is 6.06. The van der Waals surface area contributed by atoms with E-state index in [1.54, 1.807) is 0 Å². The number of nitriles is 1. The fourth-order valence-electron chi connectivity index (χ4n) is 0.826. The highest BCUT2D eigenvalue weighted by Gasteiger charge is 2.13. The normalized spacial score (nSPS) is 10.0. The van der Waals surface area contributed by atoms with Gasteiger partial charge in [-0.2, -0.15) is 14.0 Å². The van der Waals surface area contributed by atoms with Crippen LogP contribution in [0.25, 0.3) is 0 Å². The molecule has 0 N–H and O–H groups in total.